The van der Waals surface area contributed by atoms with Crippen LogP contribution in [-0.2, 0) is 0 Å². The van der Waals surface area contributed by atoms with E-state index in [0.717, 1.165) is 16.5 Å². The van der Waals surface area contributed by atoms with Gasteiger partial charge in [-0.2, -0.15) is 0 Å². The van der Waals surface area contributed by atoms with Crippen molar-refractivity contribution >= 4 is 11.6 Å². The minimum Gasteiger partial charge on any atom is -0.497 e. The molecule has 0 unspecified atom stereocenters. The van der Waals surface area contributed by atoms with Gasteiger partial charge in [-0.1, -0.05) is 57.5 Å². The standard InChI is InChI=1S/C8H10O.C7H7ClO.2C2H6/c1-7-5-3-4-6-8(7)9-2;1-9-7-4-2-6(8)3-5-7;2*1-2/h3-6H,1-2H3;2-5H,1H3;2*1-2H3. The van der Waals surface area contributed by atoms with Crippen molar-refractivity contribution in [3.05, 3.63) is 59.1 Å². The van der Waals surface area contributed by atoms with Gasteiger partial charge in [-0.05, 0) is 42.8 Å². The van der Waals surface area contributed by atoms with E-state index in [-0.39, 0.29) is 0 Å². The summed E-state index contributed by atoms with van der Waals surface area (Å²) >= 11 is 5.61. The van der Waals surface area contributed by atoms with Gasteiger partial charge in [-0.15, -0.1) is 0 Å². The first kappa shape index (κ1) is 22.6. The lowest BCUT2D eigenvalue weighted by atomic mass is 10.2. The van der Waals surface area contributed by atoms with Crippen LogP contribution in [-0.4, -0.2) is 14.2 Å². The van der Waals surface area contributed by atoms with Crippen LogP contribution in [0.25, 0.3) is 0 Å². The fourth-order valence-electron chi connectivity index (χ4n) is 1.36. The van der Waals surface area contributed by atoms with Crippen LogP contribution in [0.1, 0.15) is 33.3 Å². The Morgan fingerprint density at radius 2 is 1.23 bits per heavy atom. The van der Waals surface area contributed by atoms with Crippen LogP contribution in [0.3, 0.4) is 0 Å². The fourth-order valence-corrected chi connectivity index (χ4v) is 1.48. The van der Waals surface area contributed by atoms with Crippen LogP contribution < -0.4 is 9.47 Å². The lowest BCUT2D eigenvalue weighted by molar-refractivity contribution is 0.411. The second-order valence-corrected chi connectivity index (χ2v) is 4.06. The van der Waals surface area contributed by atoms with E-state index in [1.54, 1.807) is 26.4 Å². The summed E-state index contributed by atoms with van der Waals surface area (Å²) < 4.78 is 9.96. The first-order valence-electron chi connectivity index (χ1n) is 7.56. The molecule has 0 bridgehead atoms. The normalized spacial score (nSPS) is 8.00. The van der Waals surface area contributed by atoms with Crippen molar-refractivity contribution < 1.29 is 9.47 Å². The van der Waals surface area contributed by atoms with Crippen molar-refractivity contribution in [2.45, 2.75) is 34.6 Å². The highest BCUT2D eigenvalue weighted by Crippen LogP contribution is 2.15. The number of benzene rings is 2. The Morgan fingerprint density at radius 1 is 0.727 bits per heavy atom. The predicted octanol–water partition coefficient (Wildman–Crippen LogP) is 6.40. The lowest BCUT2D eigenvalue weighted by Gasteiger charge is -2.00. The molecule has 0 amide bonds. The highest BCUT2D eigenvalue weighted by molar-refractivity contribution is 6.30. The summed E-state index contributed by atoms with van der Waals surface area (Å²) in [6.07, 6.45) is 0. The predicted molar refractivity (Wildman–Crippen MR) is 98.4 cm³/mol. The van der Waals surface area contributed by atoms with E-state index < -0.39 is 0 Å². The van der Waals surface area contributed by atoms with Crippen LogP contribution in [0.4, 0.5) is 0 Å². The van der Waals surface area contributed by atoms with Gasteiger partial charge in [0, 0.05) is 5.02 Å². The largest absolute Gasteiger partial charge is 0.497 e. The number of halogens is 1. The minimum atomic E-state index is 0.732. The number of para-hydroxylation sites is 1. The Kier molecular flexibility index (Phi) is 16.1. The van der Waals surface area contributed by atoms with Gasteiger partial charge in [0.15, 0.2) is 0 Å². The van der Waals surface area contributed by atoms with Crippen molar-refractivity contribution in [3.63, 3.8) is 0 Å². The van der Waals surface area contributed by atoms with E-state index >= 15 is 0 Å². The Labute approximate surface area is 141 Å². The van der Waals surface area contributed by atoms with E-state index in [9.17, 15) is 0 Å². The molecule has 0 atom stereocenters. The summed E-state index contributed by atoms with van der Waals surface area (Å²) in [5, 5.41) is 0.732. The molecule has 2 nitrogen and oxygen atoms in total. The van der Waals surface area contributed by atoms with Crippen LogP contribution in [0.5, 0.6) is 11.5 Å². The molecule has 2 aromatic carbocycles. The second kappa shape index (κ2) is 15.7. The molecular weight excluding hydrogens is 296 g/mol. The van der Waals surface area contributed by atoms with Gasteiger partial charge in [0.1, 0.15) is 11.5 Å². The summed E-state index contributed by atoms with van der Waals surface area (Å²) in [5.41, 5.74) is 1.18. The first-order valence-corrected chi connectivity index (χ1v) is 7.94. The Hall–Kier alpha value is -1.67. The van der Waals surface area contributed by atoms with Crippen molar-refractivity contribution in [2.75, 3.05) is 14.2 Å². The third-order valence-electron chi connectivity index (χ3n) is 2.36. The SMILES string of the molecule is CC.CC.COc1ccc(Cl)cc1.COc1ccccc1C. The zero-order valence-electron chi connectivity index (χ0n) is 14.8. The first-order chi connectivity index (χ1) is 10.7. The average Bonchev–Trinajstić information content (AvgIpc) is 2.60. The second-order valence-electron chi connectivity index (χ2n) is 3.63. The summed E-state index contributed by atoms with van der Waals surface area (Å²) in [5.74, 6) is 1.79. The third kappa shape index (κ3) is 10.1. The van der Waals surface area contributed by atoms with Crippen LogP contribution >= 0.6 is 11.6 Å². The van der Waals surface area contributed by atoms with Gasteiger partial charge in [0.2, 0.25) is 0 Å². The number of methoxy groups -OCH3 is 2. The van der Waals surface area contributed by atoms with E-state index in [1.807, 2.05) is 71.0 Å². The van der Waals surface area contributed by atoms with Crippen LogP contribution in [0, 0.1) is 6.92 Å². The molecule has 0 N–H and O–H groups in total. The summed E-state index contributed by atoms with van der Waals surface area (Å²) in [6, 6.07) is 15.2. The maximum Gasteiger partial charge on any atom is 0.121 e. The smallest absolute Gasteiger partial charge is 0.121 e. The molecule has 0 saturated heterocycles. The number of rotatable bonds is 2. The van der Waals surface area contributed by atoms with E-state index in [1.165, 1.54) is 5.56 Å². The van der Waals surface area contributed by atoms with Gasteiger partial charge in [0.05, 0.1) is 14.2 Å². The maximum absolute atomic E-state index is 5.61. The molecule has 0 heterocycles. The number of hydrogen-bond donors (Lipinski definition) is 0. The van der Waals surface area contributed by atoms with E-state index in [0.29, 0.717) is 0 Å². The highest BCUT2D eigenvalue weighted by atomic mass is 35.5. The third-order valence-corrected chi connectivity index (χ3v) is 2.61. The van der Waals surface area contributed by atoms with Gasteiger partial charge >= 0.3 is 0 Å². The van der Waals surface area contributed by atoms with Gasteiger partial charge < -0.3 is 9.47 Å². The minimum absolute atomic E-state index is 0.732. The molecule has 0 aliphatic rings. The highest BCUT2D eigenvalue weighted by Gasteiger charge is 1.91. The maximum atomic E-state index is 5.61. The van der Waals surface area contributed by atoms with Crippen molar-refractivity contribution in [1.29, 1.82) is 0 Å². The van der Waals surface area contributed by atoms with Crippen molar-refractivity contribution in [2.24, 2.45) is 0 Å². The molecule has 0 fully saturated rings. The summed E-state index contributed by atoms with van der Waals surface area (Å²) in [4.78, 5) is 0. The zero-order chi connectivity index (χ0) is 17.4. The molecule has 0 saturated carbocycles. The molecule has 0 aliphatic heterocycles. The number of hydrogen-bond acceptors (Lipinski definition) is 2. The Balaban J connectivity index is 0. The zero-order valence-corrected chi connectivity index (χ0v) is 15.6. The number of ether oxygens (including phenoxy) is 2. The monoisotopic (exact) mass is 324 g/mol. The number of aryl methyl sites for hydroxylation is 1. The van der Waals surface area contributed by atoms with Gasteiger partial charge in [-0.3, -0.25) is 0 Å². The Bertz CT molecular complexity index is 467. The lowest BCUT2D eigenvalue weighted by Crippen LogP contribution is -1.84. The molecule has 0 spiro atoms. The Morgan fingerprint density at radius 3 is 1.59 bits per heavy atom. The molecule has 0 radical (unpaired) electrons. The van der Waals surface area contributed by atoms with E-state index in [2.05, 4.69) is 0 Å². The molecule has 0 aromatic heterocycles. The van der Waals surface area contributed by atoms with Crippen molar-refractivity contribution in [3.8, 4) is 11.5 Å². The van der Waals surface area contributed by atoms with Gasteiger partial charge in [-0.25, -0.2) is 0 Å². The molecule has 124 valence electrons. The molecule has 22 heavy (non-hydrogen) atoms. The average molecular weight is 325 g/mol. The van der Waals surface area contributed by atoms with Crippen LogP contribution in [0.2, 0.25) is 5.02 Å². The molecule has 2 aromatic rings. The fraction of sp³-hybridized carbons (Fsp3) is 0.368. The molecule has 2 rings (SSSR count). The molecule has 0 aliphatic carbocycles. The van der Waals surface area contributed by atoms with Gasteiger partial charge in [0.25, 0.3) is 0 Å². The van der Waals surface area contributed by atoms with Crippen molar-refractivity contribution in [1.82, 2.24) is 0 Å². The summed E-state index contributed by atoms with van der Waals surface area (Å²) in [6.45, 7) is 10.0. The quantitative estimate of drug-likeness (QED) is 0.636. The molecule has 3 heteroatoms. The summed E-state index contributed by atoms with van der Waals surface area (Å²) in [7, 11) is 3.31. The van der Waals surface area contributed by atoms with Crippen LogP contribution in [0.15, 0.2) is 48.5 Å². The molecular formula is C19H29ClO2. The van der Waals surface area contributed by atoms with E-state index in [4.69, 9.17) is 21.1 Å². The topological polar surface area (TPSA) is 18.5 Å².